The standard InChI is InChI=1S/C16H17N7O3/c24-14(26-9-13-19-21-22-23(13)10-5-6-10)7-8-17-16(25)15-11-3-1-2-4-12(11)18-20-15/h1-4,10H,5-9H2,(H,17,25)(H,18,20). The molecule has 26 heavy (non-hydrogen) atoms. The van der Waals surface area contributed by atoms with E-state index in [1.807, 2.05) is 24.3 Å². The predicted molar refractivity (Wildman–Crippen MR) is 88.9 cm³/mol. The Balaban J connectivity index is 1.24. The van der Waals surface area contributed by atoms with Crippen molar-refractivity contribution in [1.29, 1.82) is 0 Å². The van der Waals surface area contributed by atoms with E-state index < -0.39 is 5.97 Å². The van der Waals surface area contributed by atoms with Gasteiger partial charge in [-0.2, -0.15) is 5.10 Å². The zero-order chi connectivity index (χ0) is 17.9. The molecule has 4 rings (SSSR count). The molecular weight excluding hydrogens is 338 g/mol. The number of amides is 1. The molecular formula is C16H17N7O3. The number of ether oxygens (including phenoxy) is 1. The molecule has 0 unspecified atom stereocenters. The molecule has 0 bridgehead atoms. The minimum absolute atomic E-state index is 0.0281. The van der Waals surface area contributed by atoms with Crippen LogP contribution in [0.25, 0.3) is 10.9 Å². The van der Waals surface area contributed by atoms with Crippen molar-refractivity contribution in [2.45, 2.75) is 31.9 Å². The van der Waals surface area contributed by atoms with E-state index >= 15 is 0 Å². The Bertz CT molecular complexity index is 944. The van der Waals surface area contributed by atoms with Crippen LogP contribution in [0.5, 0.6) is 0 Å². The van der Waals surface area contributed by atoms with E-state index in [1.165, 1.54) is 0 Å². The molecule has 3 aromatic rings. The minimum Gasteiger partial charge on any atom is -0.457 e. The SMILES string of the molecule is O=C(CCNC(=O)c1n[nH]c2ccccc12)OCc1nnnn1C1CC1. The van der Waals surface area contributed by atoms with Crippen molar-refractivity contribution in [3.8, 4) is 0 Å². The first-order valence-corrected chi connectivity index (χ1v) is 8.36. The van der Waals surface area contributed by atoms with Gasteiger partial charge < -0.3 is 10.1 Å². The van der Waals surface area contributed by atoms with Crippen molar-refractivity contribution in [3.05, 3.63) is 35.8 Å². The highest BCUT2D eigenvalue weighted by molar-refractivity contribution is 6.04. The third kappa shape index (κ3) is 3.39. The fourth-order valence-electron chi connectivity index (χ4n) is 2.63. The Labute approximate surface area is 147 Å². The van der Waals surface area contributed by atoms with Gasteiger partial charge in [0.25, 0.3) is 5.91 Å². The molecule has 1 amide bonds. The summed E-state index contributed by atoms with van der Waals surface area (Å²) in [6.45, 7) is 0.187. The van der Waals surface area contributed by atoms with Crippen molar-refractivity contribution in [3.63, 3.8) is 0 Å². The van der Waals surface area contributed by atoms with E-state index in [1.54, 1.807) is 4.68 Å². The van der Waals surface area contributed by atoms with Crippen LogP contribution in [0.2, 0.25) is 0 Å². The number of esters is 1. The van der Waals surface area contributed by atoms with Crippen LogP contribution in [-0.4, -0.2) is 48.8 Å². The third-order valence-corrected chi connectivity index (χ3v) is 4.12. The molecule has 0 saturated heterocycles. The molecule has 1 fully saturated rings. The van der Waals surface area contributed by atoms with Crippen molar-refractivity contribution >= 4 is 22.8 Å². The highest BCUT2D eigenvalue weighted by Crippen LogP contribution is 2.34. The molecule has 134 valence electrons. The molecule has 1 aliphatic rings. The van der Waals surface area contributed by atoms with Gasteiger partial charge in [0, 0.05) is 11.9 Å². The second-order valence-corrected chi connectivity index (χ2v) is 6.06. The zero-order valence-electron chi connectivity index (χ0n) is 13.9. The van der Waals surface area contributed by atoms with Crippen LogP contribution >= 0.6 is 0 Å². The fraction of sp³-hybridized carbons (Fsp3) is 0.375. The van der Waals surface area contributed by atoms with Gasteiger partial charge in [-0.1, -0.05) is 18.2 Å². The molecule has 2 heterocycles. The summed E-state index contributed by atoms with van der Waals surface area (Å²) in [4.78, 5) is 24.0. The summed E-state index contributed by atoms with van der Waals surface area (Å²) in [6.07, 6.45) is 2.14. The van der Waals surface area contributed by atoms with Gasteiger partial charge in [-0.15, -0.1) is 5.10 Å². The summed E-state index contributed by atoms with van der Waals surface area (Å²) < 4.78 is 6.86. The number of rotatable bonds is 7. The second kappa shape index (κ2) is 6.90. The van der Waals surface area contributed by atoms with Crippen molar-refractivity contribution in [2.24, 2.45) is 0 Å². The molecule has 2 N–H and O–H groups in total. The van der Waals surface area contributed by atoms with Crippen LogP contribution in [0.1, 0.15) is 41.6 Å². The van der Waals surface area contributed by atoms with E-state index in [0.29, 0.717) is 17.6 Å². The maximum atomic E-state index is 12.2. The highest BCUT2D eigenvalue weighted by atomic mass is 16.5. The van der Waals surface area contributed by atoms with Crippen LogP contribution in [0, 0.1) is 0 Å². The molecule has 0 atom stereocenters. The van der Waals surface area contributed by atoms with Gasteiger partial charge in [0.05, 0.1) is 18.0 Å². The molecule has 0 spiro atoms. The van der Waals surface area contributed by atoms with E-state index in [2.05, 4.69) is 31.0 Å². The molecule has 10 nitrogen and oxygen atoms in total. The van der Waals surface area contributed by atoms with Crippen LogP contribution in [0.15, 0.2) is 24.3 Å². The van der Waals surface area contributed by atoms with Crippen LogP contribution in [-0.2, 0) is 16.1 Å². The third-order valence-electron chi connectivity index (χ3n) is 4.12. The molecule has 0 aliphatic heterocycles. The van der Waals surface area contributed by atoms with Crippen LogP contribution in [0.3, 0.4) is 0 Å². The highest BCUT2D eigenvalue weighted by Gasteiger charge is 2.28. The summed E-state index contributed by atoms with van der Waals surface area (Å²) in [6, 6.07) is 7.67. The Kier molecular flexibility index (Phi) is 4.30. The molecule has 1 aromatic carbocycles. The smallest absolute Gasteiger partial charge is 0.308 e. The number of nitrogens with one attached hydrogen (secondary N) is 2. The molecule has 1 saturated carbocycles. The van der Waals surface area contributed by atoms with Gasteiger partial charge in [0.1, 0.15) is 0 Å². The van der Waals surface area contributed by atoms with Crippen LogP contribution in [0.4, 0.5) is 0 Å². The summed E-state index contributed by atoms with van der Waals surface area (Å²) in [5, 5.41) is 21.6. The van der Waals surface area contributed by atoms with Crippen molar-refractivity contribution < 1.29 is 14.3 Å². The summed E-state index contributed by atoms with van der Waals surface area (Å²) in [7, 11) is 0. The maximum absolute atomic E-state index is 12.2. The van der Waals surface area contributed by atoms with E-state index in [-0.39, 0.29) is 25.5 Å². The second-order valence-electron chi connectivity index (χ2n) is 6.06. The average molecular weight is 355 g/mol. The quantitative estimate of drug-likeness (QED) is 0.598. The van der Waals surface area contributed by atoms with E-state index in [0.717, 1.165) is 23.7 Å². The molecule has 1 aliphatic carbocycles. The lowest BCUT2D eigenvalue weighted by Gasteiger charge is -2.06. The number of hydrogen-bond donors (Lipinski definition) is 2. The first-order chi connectivity index (χ1) is 12.7. The number of para-hydroxylation sites is 1. The van der Waals surface area contributed by atoms with E-state index in [9.17, 15) is 9.59 Å². The number of tetrazole rings is 1. The lowest BCUT2D eigenvalue weighted by atomic mass is 10.2. The van der Waals surface area contributed by atoms with Gasteiger partial charge in [-0.05, 0) is 29.3 Å². The first-order valence-electron chi connectivity index (χ1n) is 8.36. The molecule has 2 aromatic heterocycles. The summed E-state index contributed by atoms with van der Waals surface area (Å²) in [5.74, 6) is -0.233. The van der Waals surface area contributed by atoms with Crippen molar-refractivity contribution in [2.75, 3.05) is 6.54 Å². The minimum atomic E-state index is -0.428. The Hall–Kier alpha value is -3.30. The monoisotopic (exact) mass is 355 g/mol. The van der Waals surface area contributed by atoms with Crippen molar-refractivity contribution in [1.82, 2.24) is 35.7 Å². The van der Waals surface area contributed by atoms with Gasteiger partial charge in [0.2, 0.25) is 0 Å². The van der Waals surface area contributed by atoms with E-state index in [4.69, 9.17) is 4.74 Å². The number of carbonyl (C=O) groups excluding carboxylic acids is 2. The largest absolute Gasteiger partial charge is 0.457 e. The lowest BCUT2D eigenvalue weighted by Crippen LogP contribution is -2.27. The van der Waals surface area contributed by atoms with Gasteiger partial charge >= 0.3 is 5.97 Å². The summed E-state index contributed by atoms with van der Waals surface area (Å²) in [5.41, 5.74) is 1.09. The van der Waals surface area contributed by atoms with Gasteiger partial charge in [0.15, 0.2) is 18.1 Å². The van der Waals surface area contributed by atoms with Gasteiger partial charge in [-0.25, -0.2) is 4.68 Å². The average Bonchev–Trinajstić information content (AvgIpc) is 3.23. The number of nitrogens with zero attached hydrogens (tertiary/aromatic N) is 5. The Morgan fingerprint density at radius 1 is 1.31 bits per heavy atom. The lowest BCUT2D eigenvalue weighted by molar-refractivity contribution is -0.145. The number of aromatic nitrogens is 6. The van der Waals surface area contributed by atoms with Gasteiger partial charge in [-0.3, -0.25) is 14.7 Å². The zero-order valence-corrected chi connectivity index (χ0v) is 13.9. The normalized spacial score (nSPS) is 13.7. The number of carbonyl (C=O) groups is 2. The molecule has 10 heteroatoms. The Morgan fingerprint density at radius 3 is 3.00 bits per heavy atom. The number of hydrogen-bond acceptors (Lipinski definition) is 7. The number of aromatic amines is 1. The predicted octanol–water partition coefficient (Wildman–Crippen LogP) is 0.748. The van der Waals surface area contributed by atoms with Crippen LogP contribution < -0.4 is 5.32 Å². The number of benzene rings is 1. The maximum Gasteiger partial charge on any atom is 0.308 e. The topological polar surface area (TPSA) is 128 Å². The fourth-order valence-corrected chi connectivity index (χ4v) is 2.63. The molecule has 0 radical (unpaired) electrons. The number of fused-ring (bicyclic) bond motifs is 1. The summed E-state index contributed by atoms with van der Waals surface area (Å²) >= 11 is 0. The number of H-pyrrole nitrogens is 1. The first kappa shape index (κ1) is 16.2. The Morgan fingerprint density at radius 2 is 2.15 bits per heavy atom.